The number of nitrogens with zero attached hydrogens (tertiary/aromatic N) is 1. The summed E-state index contributed by atoms with van der Waals surface area (Å²) in [6.45, 7) is 5.80. The second-order valence-electron chi connectivity index (χ2n) is 6.44. The minimum absolute atomic E-state index is 0.257. The molecule has 5 heteroatoms. The number of rotatable bonds is 1. The van der Waals surface area contributed by atoms with Gasteiger partial charge in [0.15, 0.2) is 0 Å². The molecule has 0 bridgehead atoms. The number of alkyl halides is 1. The number of para-hydroxylation sites is 1. The third-order valence-corrected chi connectivity index (χ3v) is 3.52. The van der Waals surface area contributed by atoms with Gasteiger partial charge in [-0.2, -0.15) is 0 Å². The molecular formula is C16H23FN2O2. The average molecular weight is 294 g/mol. The molecule has 2 N–H and O–H groups in total. The lowest BCUT2D eigenvalue weighted by molar-refractivity contribution is 0.00177. The molecule has 1 aromatic carbocycles. The Bertz CT molecular complexity index is 513. The Balaban J connectivity index is 2.26. The third kappa shape index (κ3) is 3.86. The molecular weight excluding hydrogens is 271 g/mol. The zero-order valence-electron chi connectivity index (χ0n) is 12.8. The van der Waals surface area contributed by atoms with Crippen molar-refractivity contribution in [1.29, 1.82) is 0 Å². The van der Waals surface area contributed by atoms with E-state index >= 15 is 0 Å². The summed E-state index contributed by atoms with van der Waals surface area (Å²) in [6.07, 6.45) is -0.744. The van der Waals surface area contributed by atoms with Crippen LogP contribution in [0.5, 0.6) is 0 Å². The lowest BCUT2D eigenvalue weighted by Gasteiger charge is -2.38. The monoisotopic (exact) mass is 294 g/mol. The van der Waals surface area contributed by atoms with Gasteiger partial charge in [0.25, 0.3) is 0 Å². The molecule has 0 aromatic heterocycles. The van der Waals surface area contributed by atoms with E-state index in [1.54, 1.807) is 11.0 Å². The summed E-state index contributed by atoms with van der Waals surface area (Å²) in [5.41, 5.74) is 6.77. The van der Waals surface area contributed by atoms with Crippen molar-refractivity contribution >= 4 is 11.8 Å². The summed E-state index contributed by atoms with van der Waals surface area (Å²) in [6, 6.07) is 6.91. The van der Waals surface area contributed by atoms with Crippen LogP contribution >= 0.6 is 0 Å². The van der Waals surface area contributed by atoms with E-state index in [-0.39, 0.29) is 12.5 Å². The van der Waals surface area contributed by atoms with Crippen LogP contribution in [0.15, 0.2) is 24.3 Å². The van der Waals surface area contributed by atoms with Crippen molar-refractivity contribution < 1.29 is 13.9 Å². The van der Waals surface area contributed by atoms with Crippen molar-refractivity contribution in [2.75, 3.05) is 12.3 Å². The first kappa shape index (κ1) is 15.6. The lowest BCUT2D eigenvalue weighted by Crippen LogP contribution is -2.44. The van der Waals surface area contributed by atoms with Gasteiger partial charge >= 0.3 is 6.09 Å². The minimum Gasteiger partial charge on any atom is -0.444 e. The highest BCUT2D eigenvalue weighted by Crippen LogP contribution is 2.36. The topological polar surface area (TPSA) is 55.6 Å². The second kappa shape index (κ2) is 5.92. The fourth-order valence-electron chi connectivity index (χ4n) is 2.57. The normalized spacial score (nSPS) is 23.0. The van der Waals surface area contributed by atoms with Crippen molar-refractivity contribution in [3.05, 3.63) is 29.8 Å². The number of amides is 1. The number of ether oxygens (including phenoxy) is 1. The highest BCUT2D eigenvalue weighted by molar-refractivity contribution is 5.69. The summed E-state index contributed by atoms with van der Waals surface area (Å²) < 4.78 is 19.2. The molecule has 1 aliphatic heterocycles. The van der Waals surface area contributed by atoms with Crippen LogP contribution in [0.1, 0.15) is 45.2 Å². The van der Waals surface area contributed by atoms with Gasteiger partial charge < -0.3 is 15.4 Å². The molecule has 0 spiro atoms. The van der Waals surface area contributed by atoms with E-state index in [0.717, 1.165) is 5.56 Å². The summed E-state index contributed by atoms with van der Waals surface area (Å²) in [5, 5.41) is 0. The van der Waals surface area contributed by atoms with E-state index in [0.29, 0.717) is 18.7 Å². The first-order valence-corrected chi connectivity index (χ1v) is 7.26. The molecule has 21 heavy (non-hydrogen) atoms. The SMILES string of the molecule is CC(C)(C)OC(=O)N1CCC(F)CC1c1ccccc1N. The van der Waals surface area contributed by atoms with Gasteiger partial charge in [-0.15, -0.1) is 0 Å². The molecule has 2 rings (SSSR count). The highest BCUT2D eigenvalue weighted by Gasteiger charge is 2.35. The van der Waals surface area contributed by atoms with Crippen molar-refractivity contribution in [1.82, 2.24) is 4.90 Å². The van der Waals surface area contributed by atoms with Crippen LogP contribution in [0.25, 0.3) is 0 Å². The Morgan fingerprint density at radius 1 is 1.38 bits per heavy atom. The molecule has 0 aliphatic carbocycles. The summed E-state index contributed by atoms with van der Waals surface area (Å²) in [4.78, 5) is 13.9. The second-order valence-corrected chi connectivity index (χ2v) is 6.44. The predicted octanol–water partition coefficient (Wildman–Crippen LogP) is 3.68. The van der Waals surface area contributed by atoms with Gasteiger partial charge in [0, 0.05) is 18.7 Å². The van der Waals surface area contributed by atoms with E-state index in [1.807, 2.05) is 39.0 Å². The Labute approximate surface area is 125 Å². The first-order chi connectivity index (χ1) is 9.78. The molecule has 1 aromatic rings. The Morgan fingerprint density at radius 2 is 2.05 bits per heavy atom. The number of carbonyl (C=O) groups excluding carboxylic acids is 1. The fourth-order valence-corrected chi connectivity index (χ4v) is 2.57. The average Bonchev–Trinajstić information content (AvgIpc) is 2.37. The zero-order chi connectivity index (χ0) is 15.6. The summed E-state index contributed by atoms with van der Waals surface area (Å²) >= 11 is 0. The van der Waals surface area contributed by atoms with Crippen LogP contribution < -0.4 is 5.73 Å². The van der Waals surface area contributed by atoms with Crippen molar-refractivity contribution in [3.8, 4) is 0 Å². The van der Waals surface area contributed by atoms with Gasteiger partial charge in [-0.3, -0.25) is 0 Å². The van der Waals surface area contributed by atoms with E-state index in [2.05, 4.69) is 0 Å². The van der Waals surface area contributed by atoms with Crippen LogP contribution in [0.3, 0.4) is 0 Å². The van der Waals surface area contributed by atoms with Crippen molar-refractivity contribution in [2.24, 2.45) is 0 Å². The highest BCUT2D eigenvalue weighted by atomic mass is 19.1. The lowest BCUT2D eigenvalue weighted by atomic mass is 9.93. The zero-order valence-corrected chi connectivity index (χ0v) is 12.8. The van der Waals surface area contributed by atoms with Gasteiger partial charge in [-0.1, -0.05) is 18.2 Å². The molecule has 0 saturated carbocycles. The number of halogens is 1. The van der Waals surface area contributed by atoms with Crippen molar-refractivity contribution in [3.63, 3.8) is 0 Å². The Kier molecular flexibility index (Phi) is 4.40. The number of benzene rings is 1. The van der Waals surface area contributed by atoms with Crippen LogP contribution in [-0.2, 0) is 4.74 Å². The van der Waals surface area contributed by atoms with Gasteiger partial charge in [-0.25, -0.2) is 9.18 Å². The molecule has 2 atom stereocenters. The van der Waals surface area contributed by atoms with Gasteiger partial charge in [0.05, 0.1) is 6.04 Å². The molecule has 1 fully saturated rings. The number of anilines is 1. The van der Waals surface area contributed by atoms with E-state index in [4.69, 9.17) is 10.5 Å². The number of carbonyl (C=O) groups is 1. The standard InChI is InChI=1S/C16H23FN2O2/c1-16(2,3)21-15(20)19-9-8-11(17)10-14(19)12-6-4-5-7-13(12)18/h4-7,11,14H,8-10,18H2,1-3H3. The maximum absolute atomic E-state index is 13.8. The summed E-state index contributed by atoms with van der Waals surface area (Å²) in [7, 11) is 0. The Hall–Kier alpha value is -1.78. The van der Waals surface area contributed by atoms with Crippen LogP contribution in [0, 0.1) is 0 Å². The molecule has 2 unspecified atom stereocenters. The van der Waals surface area contributed by atoms with Gasteiger partial charge in [0.2, 0.25) is 0 Å². The Morgan fingerprint density at radius 3 is 2.67 bits per heavy atom. The maximum atomic E-state index is 13.8. The number of nitrogen functional groups attached to an aromatic ring is 1. The molecule has 1 amide bonds. The van der Waals surface area contributed by atoms with E-state index in [1.165, 1.54) is 0 Å². The van der Waals surface area contributed by atoms with E-state index in [9.17, 15) is 9.18 Å². The maximum Gasteiger partial charge on any atom is 0.410 e. The third-order valence-electron chi connectivity index (χ3n) is 3.52. The van der Waals surface area contributed by atoms with Crippen LogP contribution in [-0.4, -0.2) is 29.3 Å². The van der Waals surface area contributed by atoms with Gasteiger partial charge in [0.1, 0.15) is 11.8 Å². The molecule has 1 heterocycles. The largest absolute Gasteiger partial charge is 0.444 e. The molecule has 4 nitrogen and oxygen atoms in total. The smallest absolute Gasteiger partial charge is 0.410 e. The summed E-state index contributed by atoms with van der Waals surface area (Å²) in [5.74, 6) is 0. The molecule has 116 valence electrons. The number of hydrogen-bond acceptors (Lipinski definition) is 3. The molecule has 1 saturated heterocycles. The molecule has 0 radical (unpaired) electrons. The molecule has 1 aliphatic rings. The first-order valence-electron chi connectivity index (χ1n) is 7.26. The van der Waals surface area contributed by atoms with Crippen molar-refractivity contribution in [2.45, 2.75) is 51.4 Å². The fraction of sp³-hybridized carbons (Fsp3) is 0.562. The minimum atomic E-state index is -0.923. The predicted molar refractivity (Wildman–Crippen MR) is 80.7 cm³/mol. The number of nitrogens with two attached hydrogens (primary N) is 1. The van der Waals surface area contributed by atoms with Crippen LogP contribution in [0.2, 0.25) is 0 Å². The number of piperidine rings is 1. The van der Waals surface area contributed by atoms with Crippen LogP contribution in [0.4, 0.5) is 14.9 Å². The van der Waals surface area contributed by atoms with E-state index < -0.39 is 17.9 Å². The quantitative estimate of drug-likeness (QED) is 0.804. The number of hydrogen-bond donors (Lipinski definition) is 1. The van der Waals surface area contributed by atoms with Gasteiger partial charge in [-0.05, 0) is 38.8 Å². The number of likely N-dealkylation sites (tertiary alicyclic amines) is 1.